The molecule has 1 N–H and O–H groups in total. The molecule has 0 aliphatic carbocycles. The molecule has 51 heavy (non-hydrogen) atoms. The lowest BCUT2D eigenvalue weighted by Crippen LogP contribution is -2.42. The zero-order valence-electron chi connectivity index (χ0n) is 27.4. The largest absolute Gasteiger partial charge is 0.486 e. The fourth-order valence-corrected chi connectivity index (χ4v) is 6.56. The molecule has 11 heteroatoms. The number of nitrogens with zero attached hydrogens (tertiary/aromatic N) is 2. The molecule has 258 valence electrons. The first kappa shape index (κ1) is 37.0. The maximum Gasteiger partial charge on any atom is 0.285 e. The highest BCUT2D eigenvalue weighted by Gasteiger charge is 2.35. The molecule has 7 nitrogen and oxygen atoms in total. The van der Waals surface area contributed by atoms with Crippen LogP contribution >= 0.6 is 35.0 Å². The molecule has 3 amide bonds. The predicted octanol–water partition coefficient (Wildman–Crippen LogP) is 9.10. The van der Waals surface area contributed by atoms with Gasteiger partial charge in [-0.3, -0.25) is 19.3 Å². The standard InChI is InChI=1S/C40H32Cl2FN3O4S/c1-3-5-19-31(4-2)46-39(49)32(21-27-22-33(41)37(34(42)23-27)50-24-26-13-12-18-30(43)20-26)38(48)45-40(46)51-25-35(47)44-36(28-14-8-6-9-15-28)29-16-10-7-11-17-29/h3-23,36H,1,24-25H2,2H3,(H,44,47)/b19-5-,31-4+,32-21+. The summed E-state index contributed by atoms with van der Waals surface area (Å²) in [5.74, 6) is -2.16. The van der Waals surface area contributed by atoms with Crippen LogP contribution in [0.2, 0.25) is 10.0 Å². The van der Waals surface area contributed by atoms with E-state index in [9.17, 15) is 18.8 Å². The summed E-state index contributed by atoms with van der Waals surface area (Å²) in [7, 11) is 0. The smallest absolute Gasteiger partial charge is 0.285 e. The van der Waals surface area contributed by atoms with Crippen LogP contribution in [0.5, 0.6) is 5.75 Å². The van der Waals surface area contributed by atoms with Gasteiger partial charge in [-0.1, -0.05) is 133 Å². The Morgan fingerprint density at radius 2 is 1.63 bits per heavy atom. The summed E-state index contributed by atoms with van der Waals surface area (Å²) in [5, 5.41) is 3.35. The molecule has 5 rings (SSSR count). The van der Waals surface area contributed by atoms with Crippen LogP contribution in [0.3, 0.4) is 0 Å². The average molecular weight is 741 g/mol. The van der Waals surface area contributed by atoms with Crippen molar-refractivity contribution in [2.24, 2.45) is 4.99 Å². The molecule has 4 aromatic rings. The summed E-state index contributed by atoms with van der Waals surface area (Å²) in [4.78, 5) is 46.4. The number of rotatable bonds is 12. The molecule has 0 aromatic heterocycles. The van der Waals surface area contributed by atoms with Gasteiger partial charge in [0.25, 0.3) is 11.8 Å². The quantitative estimate of drug-likeness (QED) is 0.0890. The van der Waals surface area contributed by atoms with Gasteiger partial charge in [-0.2, -0.15) is 4.99 Å². The van der Waals surface area contributed by atoms with Gasteiger partial charge in [0.2, 0.25) is 5.91 Å². The highest BCUT2D eigenvalue weighted by Crippen LogP contribution is 2.36. The average Bonchev–Trinajstić information content (AvgIpc) is 3.13. The monoisotopic (exact) mass is 739 g/mol. The highest BCUT2D eigenvalue weighted by atomic mass is 35.5. The molecular weight excluding hydrogens is 708 g/mol. The molecule has 0 fully saturated rings. The van der Waals surface area contributed by atoms with Crippen LogP contribution in [0.25, 0.3) is 6.08 Å². The first-order valence-corrected chi connectivity index (χ1v) is 17.5. The fourth-order valence-electron chi connectivity index (χ4n) is 5.14. The number of hydrogen-bond acceptors (Lipinski definition) is 5. The van der Waals surface area contributed by atoms with E-state index in [-0.39, 0.29) is 44.8 Å². The van der Waals surface area contributed by atoms with Crippen molar-refractivity contribution < 1.29 is 23.5 Å². The Bertz CT molecular complexity index is 2000. The zero-order chi connectivity index (χ0) is 36.3. The molecule has 0 bridgehead atoms. The number of thioether (sulfide) groups is 1. The second kappa shape index (κ2) is 17.6. The molecule has 1 aliphatic heterocycles. The molecule has 0 spiro atoms. The Labute approximate surface area is 309 Å². The second-order valence-corrected chi connectivity index (χ2v) is 12.8. The minimum Gasteiger partial charge on any atom is -0.486 e. The van der Waals surface area contributed by atoms with Crippen molar-refractivity contribution >= 4 is 63.9 Å². The van der Waals surface area contributed by atoms with Gasteiger partial charge in [0, 0.05) is 5.70 Å². The normalized spacial score (nSPS) is 14.3. The molecule has 1 aliphatic rings. The first-order chi connectivity index (χ1) is 24.7. The number of ether oxygens (including phenoxy) is 1. The Balaban J connectivity index is 1.39. The van der Waals surface area contributed by atoms with Crippen LogP contribution < -0.4 is 10.1 Å². The van der Waals surface area contributed by atoms with E-state index < -0.39 is 23.7 Å². The molecular formula is C40H32Cl2FN3O4S. The molecule has 0 radical (unpaired) electrons. The van der Waals surface area contributed by atoms with Gasteiger partial charge in [0.1, 0.15) is 18.0 Å². The van der Waals surface area contributed by atoms with Crippen molar-refractivity contribution in [1.82, 2.24) is 10.2 Å². The molecule has 0 saturated carbocycles. The van der Waals surface area contributed by atoms with Crippen LogP contribution in [-0.4, -0.2) is 33.5 Å². The van der Waals surface area contributed by atoms with Crippen LogP contribution in [0.1, 0.15) is 35.2 Å². The van der Waals surface area contributed by atoms with Gasteiger partial charge in [0.15, 0.2) is 10.9 Å². The number of amidine groups is 1. The Morgan fingerprint density at radius 3 is 2.22 bits per heavy atom. The van der Waals surface area contributed by atoms with Crippen molar-refractivity contribution in [3.8, 4) is 5.75 Å². The maximum atomic E-state index is 14.1. The lowest BCUT2D eigenvalue weighted by atomic mass is 9.99. The van der Waals surface area contributed by atoms with E-state index in [0.29, 0.717) is 16.8 Å². The van der Waals surface area contributed by atoms with Crippen LogP contribution in [0, 0.1) is 5.82 Å². The molecule has 1 heterocycles. The number of aliphatic imine (C=N–C) groups is 1. The van der Waals surface area contributed by atoms with Crippen molar-refractivity contribution in [2.75, 3.05) is 5.75 Å². The number of amides is 3. The lowest BCUT2D eigenvalue weighted by molar-refractivity contribution is -0.126. The summed E-state index contributed by atoms with van der Waals surface area (Å²) in [6.07, 6.45) is 7.86. The number of carbonyl (C=O) groups excluding carboxylic acids is 3. The van der Waals surface area contributed by atoms with E-state index in [1.54, 1.807) is 43.4 Å². The molecule has 4 aromatic carbocycles. The van der Waals surface area contributed by atoms with Crippen molar-refractivity contribution in [3.63, 3.8) is 0 Å². The maximum absolute atomic E-state index is 14.1. The summed E-state index contributed by atoms with van der Waals surface area (Å²) in [5.41, 5.74) is 2.89. The van der Waals surface area contributed by atoms with Gasteiger partial charge < -0.3 is 10.1 Å². The summed E-state index contributed by atoms with van der Waals surface area (Å²) < 4.78 is 19.4. The number of halogens is 3. The zero-order valence-corrected chi connectivity index (χ0v) is 29.7. The van der Waals surface area contributed by atoms with Gasteiger partial charge >= 0.3 is 0 Å². The van der Waals surface area contributed by atoms with Crippen molar-refractivity contribution in [3.05, 3.63) is 177 Å². The van der Waals surface area contributed by atoms with E-state index in [1.807, 2.05) is 60.7 Å². The number of allylic oxidation sites excluding steroid dienone is 4. The van der Waals surface area contributed by atoms with Crippen molar-refractivity contribution in [1.29, 1.82) is 0 Å². The molecule has 0 unspecified atom stereocenters. The summed E-state index contributed by atoms with van der Waals surface area (Å²) in [6, 6.07) is 27.6. The Hall–Kier alpha value is -5.22. The SMILES string of the molecule is C=C/C=C\C(=C/C)N1C(=O)/C(=C/c2cc(Cl)c(OCc3cccc(F)c3)c(Cl)c2)C(=O)N=C1SCC(=O)NC(c1ccccc1)c1ccccc1. The molecule has 0 saturated heterocycles. The lowest BCUT2D eigenvalue weighted by Gasteiger charge is -2.28. The third-order valence-electron chi connectivity index (χ3n) is 7.52. The number of nitrogens with one attached hydrogen (secondary N) is 1. The molecule has 0 atom stereocenters. The van der Waals surface area contributed by atoms with E-state index in [1.165, 1.54) is 35.2 Å². The highest BCUT2D eigenvalue weighted by molar-refractivity contribution is 8.14. The number of benzene rings is 4. The van der Waals surface area contributed by atoms with E-state index >= 15 is 0 Å². The third kappa shape index (κ3) is 9.52. The van der Waals surface area contributed by atoms with Crippen LogP contribution in [0.15, 0.2) is 144 Å². The fraction of sp³-hybridized carbons (Fsp3) is 0.100. The predicted molar refractivity (Wildman–Crippen MR) is 203 cm³/mol. The van der Waals surface area contributed by atoms with E-state index in [0.717, 1.165) is 22.9 Å². The van der Waals surface area contributed by atoms with Gasteiger partial charge in [0.05, 0.1) is 21.8 Å². The first-order valence-electron chi connectivity index (χ1n) is 15.7. The Kier molecular flexibility index (Phi) is 12.8. The van der Waals surface area contributed by atoms with Crippen molar-refractivity contribution in [2.45, 2.75) is 19.6 Å². The summed E-state index contributed by atoms with van der Waals surface area (Å²) in [6.45, 7) is 5.45. The summed E-state index contributed by atoms with van der Waals surface area (Å²) >= 11 is 14.0. The van der Waals surface area contributed by atoms with E-state index in [4.69, 9.17) is 27.9 Å². The second-order valence-electron chi connectivity index (χ2n) is 11.0. The number of hydrogen-bond donors (Lipinski definition) is 1. The van der Waals surface area contributed by atoms with Crippen LogP contribution in [0.4, 0.5) is 4.39 Å². The van der Waals surface area contributed by atoms with Gasteiger partial charge in [-0.05, 0) is 65.6 Å². The van der Waals surface area contributed by atoms with Crippen LogP contribution in [-0.2, 0) is 21.0 Å². The van der Waals surface area contributed by atoms with Gasteiger partial charge in [-0.15, -0.1) is 0 Å². The minimum atomic E-state index is -0.799. The van der Waals surface area contributed by atoms with Gasteiger partial charge in [-0.25, -0.2) is 4.39 Å². The Morgan fingerprint density at radius 1 is 0.980 bits per heavy atom. The topological polar surface area (TPSA) is 88.1 Å². The number of carbonyl (C=O) groups is 3. The van der Waals surface area contributed by atoms with E-state index in [2.05, 4.69) is 16.9 Å². The minimum absolute atomic E-state index is 0.0142. The third-order valence-corrected chi connectivity index (χ3v) is 9.02.